The van der Waals surface area contributed by atoms with Crippen LogP contribution in [-0.4, -0.2) is 11.9 Å². The van der Waals surface area contributed by atoms with Crippen LogP contribution in [0.2, 0.25) is 0 Å². The maximum atomic E-state index is 12.3. The van der Waals surface area contributed by atoms with E-state index in [0.29, 0.717) is 6.16 Å². The number of carbonyl (C=O) groups excluding carboxylic acids is 1. The van der Waals surface area contributed by atoms with Crippen LogP contribution < -0.4 is 0 Å². The zero-order valence-electron chi connectivity index (χ0n) is 14.7. The molecule has 1 atom stereocenters. The maximum absolute atomic E-state index is 12.3. The van der Waals surface area contributed by atoms with Crippen molar-refractivity contribution in [2.45, 2.75) is 78.6 Å². The minimum absolute atomic E-state index is 0.274. The molecule has 1 aromatic rings. The summed E-state index contributed by atoms with van der Waals surface area (Å²) in [7, 11) is 2.58. The van der Waals surface area contributed by atoms with E-state index in [1.807, 2.05) is 0 Å². The fourth-order valence-electron chi connectivity index (χ4n) is 3.02. The minimum Gasteiger partial charge on any atom is -0.294 e. The number of ketones is 1. The first kappa shape index (κ1) is 19.4. The molecule has 0 heterocycles. The van der Waals surface area contributed by atoms with Gasteiger partial charge in [0.25, 0.3) is 0 Å². The van der Waals surface area contributed by atoms with Crippen molar-refractivity contribution in [2.24, 2.45) is 0 Å². The fourth-order valence-corrected chi connectivity index (χ4v) is 3.24. The Morgan fingerprint density at radius 1 is 0.864 bits per heavy atom. The molecule has 0 aliphatic carbocycles. The molecule has 0 N–H and O–H groups in total. The molecule has 0 bridgehead atoms. The summed E-state index contributed by atoms with van der Waals surface area (Å²) in [6, 6.07) is 4.32. The van der Waals surface area contributed by atoms with Gasteiger partial charge in [0.15, 0.2) is 5.78 Å². The van der Waals surface area contributed by atoms with Crippen LogP contribution in [-0.2, 0) is 19.3 Å². The van der Waals surface area contributed by atoms with Crippen molar-refractivity contribution in [3.05, 3.63) is 34.4 Å². The molecule has 1 unspecified atom stereocenters. The van der Waals surface area contributed by atoms with Gasteiger partial charge in [-0.25, -0.2) is 0 Å². The van der Waals surface area contributed by atoms with Crippen LogP contribution in [0, 0.1) is 0 Å². The highest BCUT2D eigenvalue weighted by Gasteiger charge is 2.16. The van der Waals surface area contributed by atoms with Crippen LogP contribution in [0.5, 0.6) is 0 Å². The Morgan fingerprint density at radius 3 is 1.95 bits per heavy atom. The second-order valence-electron chi connectivity index (χ2n) is 6.17. The lowest BCUT2D eigenvalue weighted by Gasteiger charge is -2.18. The smallest absolute Gasteiger partial charge is 0.166 e. The average molecular weight is 320 g/mol. The Balaban J connectivity index is 3.26. The largest absolute Gasteiger partial charge is 0.294 e. The minimum atomic E-state index is 0.274. The van der Waals surface area contributed by atoms with E-state index in [1.54, 1.807) is 0 Å². The zero-order valence-corrected chi connectivity index (χ0v) is 15.9. The number of hydrogen-bond acceptors (Lipinski definition) is 1. The van der Waals surface area contributed by atoms with E-state index in [2.05, 4.69) is 42.1 Å². The van der Waals surface area contributed by atoms with Gasteiger partial charge in [0.1, 0.15) is 0 Å². The van der Waals surface area contributed by atoms with Gasteiger partial charge in [-0.05, 0) is 55.2 Å². The van der Waals surface area contributed by atoms with Crippen LogP contribution in [0.4, 0.5) is 0 Å². The Bertz CT molecular complexity index is 465. The third-order valence-corrected chi connectivity index (χ3v) is 4.75. The summed E-state index contributed by atoms with van der Waals surface area (Å²) in [6.45, 7) is 6.72. The van der Waals surface area contributed by atoms with Crippen molar-refractivity contribution >= 4 is 15.0 Å². The number of benzene rings is 1. The third kappa shape index (κ3) is 5.51. The molecule has 0 radical (unpaired) electrons. The number of carbonyl (C=O) groups is 1. The summed E-state index contributed by atoms with van der Waals surface area (Å²) >= 11 is 0. The Morgan fingerprint density at radius 2 is 1.41 bits per heavy atom. The molecule has 0 aliphatic heterocycles. The molecule has 2 heteroatoms. The van der Waals surface area contributed by atoms with E-state index in [4.69, 9.17) is 0 Å². The molecule has 22 heavy (non-hydrogen) atoms. The highest BCUT2D eigenvalue weighted by Crippen LogP contribution is 2.26. The number of rotatable bonds is 11. The second-order valence-corrected chi connectivity index (χ2v) is 6.58. The topological polar surface area (TPSA) is 17.1 Å². The van der Waals surface area contributed by atoms with Crippen molar-refractivity contribution in [1.82, 2.24) is 0 Å². The molecule has 1 aromatic carbocycles. The Hall–Kier alpha value is -0.680. The Kier molecular flexibility index (Phi) is 9.64. The molecule has 0 saturated heterocycles. The van der Waals surface area contributed by atoms with E-state index < -0.39 is 0 Å². The first-order valence-electron chi connectivity index (χ1n) is 9.06. The number of unbranched alkanes of at least 4 members (excludes halogenated alkanes) is 3. The molecular weight excluding hydrogens is 287 g/mol. The standard InChI is InChI=1S/C20H33OP/c1-4-7-10-16-13-14-19(20(21)15-22)18(12-9-6-3)17(16)11-8-5-2/h13-14H,4-12,15,22H2,1-3H3. The van der Waals surface area contributed by atoms with Crippen LogP contribution in [0.1, 0.15) is 86.3 Å². The molecular formula is C20H33OP. The monoisotopic (exact) mass is 320 g/mol. The van der Waals surface area contributed by atoms with Crippen LogP contribution >= 0.6 is 9.24 Å². The van der Waals surface area contributed by atoms with Gasteiger partial charge < -0.3 is 0 Å². The summed E-state index contributed by atoms with van der Waals surface area (Å²) < 4.78 is 0. The molecule has 0 spiro atoms. The number of Topliss-reactive ketones (excluding diaryl/α,β-unsaturated/α-hetero) is 1. The zero-order chi connectivity index (χ0) is 16.4. The van der Waals surface area contributed by atoms with Crippen LogP contribution in [0.15, 0.2) is 12.1 Å². The van der Waals surface area contributed by atoms with Gasteiger partial charge in [0.05, 0.1) is 0 Å². The summed E-state index contributed by atoms with van der Waals surface area (Å²) in [4.78, 5) is 12.3. The maximum Gasteiger partial charge on any atom is 0.166 e. The lowest BCUT2D eigenvalue weighted by Crippen LogP contribution is -2.11. The first-order valence-corrected chi connectivity index (χ1v) is 9.88. The summed E-state index contributed by atoms with van der Waals surface area (Å²) in [6.07, 6.45) is 11.1. The van der Waals surface area contributed by atoms with Crippen molar-refractivity contribution in [3.8, 4) is 0 Å². The third-order valence-electron chi connectivity index (χ3n) is 4.37. The normalized spacial score (nSPS) is 10.9. The molecule has 0 amide bonds. The first-order chi connectivity index (χ1) is 10.7. The van der Waals surface area contributed by atoms with E-state index in [1.165, 1.54) is 55.2 Å². The van der Waals surface area contributed by atoms with Gasteiger partial charge in [0.2, 0.25) is 0 Å². The van der Waals surface area contributed by atoms with Gasteiger partial charge in [0, 0.05) is 11.7 Å². The highest BCUT2D eigenvalue weighted by molar-refractivity contribution is 7.18. The molecule has 0 fully saturated rings. The highest BCUT2D eigenvalue weighted by atomic mass is 31.0. The van der Waals surface area contributed by atoms with E-state index in [9.17, 15) is 4.79 Å². The van der Waals surface area contributed by atoms with Crippen molar-refractivity contribution in [1.29, 1.82) is 0 Å². The van der Waals surface area contributed by atoms with Crippen LogP contribution in [0.25, 0.3) is 0 Å². The van der Waals surface area contributed by atoms with Gasteiger partial charge >= 0.3 is 0 Å². The van der Waals surface area contributed by atoms with Crippen LogP contribution in [0.3, 0.4) is 0 Å². The predicted octanol–water partition coefficient (Wildman–Crippen LogP) is 5.77. The molecule has 0 saturated carbocycles. The molecule has 0 aliphatic rings. The second kappa shape index (κ2) is 10.9. The van der Waals surface area contributed by atoms with E-state index in [0.717, 1.165) is 24.8 Å². The predicted molar refractivity (Wildman–Crippen MR) is 101 cm³/mol. The van der Waals surface area contributed by atoms with Gasteiger partial charge in [-0.15, -0.1) is 9.24 Å². The fraction of sp³-hybridized carbons (Fsp3) is 0.650. The van der Waals surface area contributed by atoms with Crippen molar-refractivity contribution in [3.63, 3.8) is 0 Å². The molecule has 0 aromatic heterocycles. The summed E-state index contributed by atoms with van der Waals surface area (Å²) in [5.41, 5.74) is 5.32. The number of aryl methyl sites for hydroxylation is 1. The molecule has 1 rings (SSSR count). The van der Waals surface area contributed by atoms with Gasteiger partial charge in [-0.1, -0.05) is 52.2 Å². The number of hydrogen-bond donors (Lipinski definition) is 0. The Labute approximate surface area is 139 Å². The quantitative estimate of drug-likeness (QED) is 0.373. The molecule has 124 valence electrons. The summed E-state index contributed by atoms with van der Waals surface area (Å²) in [5.74, 6) is 0.274. The summed E-state index contributed by atoms with van der Waals surface area (Å²) in [5, 5.41) is 0. The van der Waals surface area contributed by atoms with Gasteiger partial charge in [-0.2, -0.15) is 0 Å². The molecule has 1 nitrogen and oxygen atoms in total. The average Bonchev–Trinajstić information content (AvgIpc) is 2.55. The SMILES string of the molecule is CCCCc1ccc(C(=O)CP)c(CCCC)c1CCCC. The van der Waals surface area contributed by atoms with E-state index in [-0.39, 0.29) is 5.78 Å². The van der Waals surface area contributed by atoms with E-state index >= 15 is 0 Å². The van der Waals surface area contributed by atoms with Crippen molar-refractivity contribution in [2.75, 3.05) is 6.16 Å². The lowest BCUT2D eigenvalue weighted by atomic mass is 9.86. The van der Waals surface area contributed by atoms with Crippen molar-refractivity contribution < 1.29 is 4.79 Å². The lowest BCUT2D eigenvalue weighted by molar-refractivity contribution is 0.102. The van der Waals surface area contributed by atoms with Gasteiger partial charge in [-0.3, -0.25) is 4.79 Å².